The Morgan fingerprint density at radius 2 is 1.79 bits per heavy atom. The van der Waals surface area contributed by atoms with Gasteiger partial charge in [-0.15, -0.1) is 0 Å². The van der Waals surface area contributed by atoms with Crippen LogP contribution in [0.25, 0.3) is 11.0 Å². The van der Waals surface area contributed by atoms with Gasteiger partial charge in [0, 0.05) is 31.3 Å². The number of hydrogen-bond acceptors (Lipinski definition) is 3. The molecule has 28 heavy (non-hydrogen) atoms. The van der Waals surface area contributed by atoms with Crippen LogP contribution in [0.5, 0.6) is 0 Å². The highest BCUT2D eigenvalue weighted by atomic mass is 16.5. The van der Waals surface area contributed by atoms with E-state index in [1.54, 1.807) is 0 Å². The van der Waals surface area contributed by atoms with Gasteiger partial charge >= 0.3 is 5.69 Å². The molecule has 5 heteroatoms. The predicted molar refractivity (Wildman–Crippen MR) is 112 cm³/mol. The standard InChI is InChI=1S/C23H33N3O2/c1-2-28-19-9-13-23(14-10-19,17-7-8-17)25-15-11-18(12-16-25)26-21-6-4-3-5-20(21)24-22(26)27/h3-6,17-19H,2,7-16H2,1H3,(H,24,27). The van der Waals surface area contributed by atoms with Gasteiger partial charge in [0.1, 0.15) is 0 Å². The Labute approximate surface area is 167 Å². The molecule has 1 aromatic heterocycles. The van der Waals surface area contributed by atoms with E-state index in [0.29, 0.717) is 17.7 Å². The number of H-pyrrole nitrogens is 1. The van der Waals surface area contributed by atoms with E-state index in [1.807, 2.05) is 22.8 Å². The minimum absolute atomic E-state index is 0.0498. The Morgan fingerprint density at radius 1 is 1.07 bits per heavy atom. The number of imidazole rings is 1. The molecule has 2 aliphatic carbocycles. The van der Waals surface area contributed by atoms with Crippen LogP contribution in [0.3, 0.4) is 0 Å². The van der Waals surface area contributed by atoms with Crippen LogP contribution in [0.2, 0.25) is 0 Å². The first kappa shape index (κ1) is 18.4. The van der Waals surface area contributed by atoms with Gasteiger partial charge in [-0.2, -0.15) is 0 Å². The molecule has 0 radical (unpaired) electrons. The molecule has 2 aromatic rings. The second-order valence-electron chi connectivity index (χ2n) is 9.07. The lowest BCUT2D eigenvalue weighted by Crippen LogP contribution is -2.56. The molecule has 5 rings (SSSR count). The maximum atomic E-state index is 12.6. The Hall–Kier alpha value is -1.59. The molecule has 152 valence electrons. The summed E-state index contributed by atoms with van der Waals surface area (Å²) in [6, 6.07) is 8.40. The topological polar surface area (TPSA) is 50.3 Å². The van der Waals surface area contributed by atoms with Crippen molar-refractivity contribution in [3.63, 3.8) is 0 Å². The van der Waals surface area contributed by atoms with Gasteiger partial charge in [-0.1, -0.05) is 12.1 Å². The molecular formula is C23H33N3O2. The molecule has 3 aliphatic rings. The average Bonchev–Trinajstić information content (AvgIpc) is 3.52. The van der Waals surface area contributed by atoms with E-state index in [-0.39, 0.29) is 5.69 Å². The predicted octanol–water partition coefficient (Wildman–Crippen LogP) is 4.09. The van der Waals surface area contributed by atoms with Gasteiger partial charge in [0.2, 0.25) is 0 Å². The van der Waals surface area contributed by atoms with Crippen molar-refractivity contribution in [2.75, 3.05) is 19.7 Å². The molecule has 1 N–H and O–H groups in total. The van der Waals surface area contributed by atoms with E-state index < -0.39 is 0 Å². The third-order valence-electron chi connectivity index (χ3n) is 7.62. The number of aromatic amines is 1. The fourth-order valence-electron chi connectivity index (χ4n) is 6.10. The number of likely N-dealkylation sites (tertiary alicyclic amines) is 1. The van der Waals surface area contributed by atoms with Gasteiger partial charge in [0.05, 0.1) is 17.1 Å². The smallest absolute Gasteiger partial charge is 0.326 e. The normalized spacial score (nSPS) is 30.1. The third kappa shape index (κ3) is 3.13. The van der Waals surface area contributed by atoms with Crippen LogP contribution in [-0.4, -0.2) is 45.8 Å². The quantitative estimate of drug-likeness (QED) is 0.846. The number of aromatic nitrogens is 2. The summed E-state index contributed by atoms with van der Waals surface area (Å²) < 4.78 is 7.94. The summed E-state index contributed by atoms with van der Waals surface area (Å²) in [5, 5.41) is 0. The minimum Gasteiger partial charge on any atom is -0.379 e. The minimum atomic E-state index is 0.0498. The van der Waals surface area contributed by atoms with Crippen molar-refractivity contribution in [1.82, 2.24) is 14.5 Å². The second-order valence-corrected chi connectivity index (χ2v) is 9.07. The number of piperidine rings is 1. The van der Waals surface area contributed by atoms with Crippen molar-refractivity contribution in [3.05, 3.63) is 34.7 Å². The summed E-state index contributed by atoms with van der Waals surface area (Å²) >= 11 is 0. The van der Waals surface area contributed by atoms with E-state index in [4.69, 9.17) is 4.74 Å². The lowest BCUT2D eigenvalue weighted by atomic mass is 9.74. The first-order valence-corrected chi connectivity index (χ1v) is 11.3. The first-order valence-electron chi connectivity index (χ1n) is 11.3. The highest BCUT2D eigenvalue weighted by Crippen LogP contribution is 2.52. The number of hydrogen-bond donors (Lipinski definition) is 1. The molecule has 1 aliphatic heterocycles. The molecule has 1 saturated heterocycles. The Balaban J connectivity index is 1.31. The third-order valence-corrected chi connectivity index (χ3v) is 7.62. The highest BCUT2D eigenvalue weighted by molar-refractivity contribution is 5.75. The molecule has 0 amide bonds. The van der Waals surface area contributed by atoms with Gasteiger partial charge in [0.25, 0.3) is 0 Å². The fourth-order valence-corrected chi connectivity index (χ4v) is 6.10. The number of para-hydroxylation sites is 2. The molecule has 5 nitrogen and oxygen atoms in total. The molecular weight excluding hydrogens is 350 g/mol. The van der Waals surface area contributed by atoms with Crippen molar-refractivity contribution in [1.29, 1.82) is 0 Å². The van der Waals surface area contributed by atoms with Crippen LogP contribution >= 0.6 is 0 Å². The molecule has 2 heterocycles. The van der Waals surface area contributed by atoms with E-state index >= 15 is 0 Å². The van der Waals surface area contributed by atoms with Gasteiger partial charge < -0.3 is 9.72 Å². The zero-order valence-electron chi connectivity index (χ0n) is 17.0. The van der Waals surface area contributed by atoms with Gasteiger partial charge in [-0.25, -0.2) is 4.79 Å². The van der Waals surface area contributed by atoms with E-state index in [2.05, 4.69) is 22.9 Å². The van der Waals surface area contributed by atoms with Crippen LogP contribution in [0.1, 0.15) is 64.3 Å². The largest absolute Gasteiger partial charge is 0.379 e. The summed E-state index contributed by atoms with van der Waals surface area (Å²) in [6.07, 6.45) is 10.4. The van der Waals surface area contributed by atoms with E-state index in [9.17, 15) is 4.79 Å². The van der Waals surface area contributed by atoms with Gasteiger partial charge in [0.15, 0.2) is 0 Å². The van der Waals surface area contributed by atoms with Gasteiger partial charge in [-0.3, -0.25) is 9.47 Å². The monoisotopic (exact) mass is 383 g/mol. The van der Waals surface area contributed by atoms with Crippen LogP contribution in [-0.2, 0) is 4.74 Å². The van der Waals surface area contributed by atoms with Crippen molar-refractivity contribution in [2.24, 2.45) is 5.92 Å². The second kappa shape index (κ2) is 7.34. The summed E-state index contributed by atoms with van der Waals surface area (Å²) in [6.45, 7) is 5.19. The summed E-state index contributed by atoms with van der Waals surface area (Å²) in [4.78, 5) is 18.4. The van der Waals surface area contributed by atoms with Crippen LogP contribution in [0.4, 0.5) is 0 Å². The number of fused-ring (bicyclic) bond motifs is 1. The molecule has 0 atom stereocenters. The summed E-state index contributed by atoms with van der Waals surface area (Å²) in [5.41, 5.74) is 2.47. The summed E-state index contributed by atoms with van der Waals surface area (Å²) in [7, 11) is 0. The number of nitrogens with one attached hydrogen (secondary N) is 1. The number of rotatable bonds is 5. The zero-order chi connectivity index (χ0) is 19.1. The lowest BCUT2D eigenvalue weighted by Gasteiger charge is -2.51. The molecule has 2 saturated carbocycles. The zero-order valence-corrected chi connectivity index (χ0v) is 17.0. The average molecular weight is 384 g/mol. The van der Waals surface area contributed by atoms with Crippen LogP contribution < -0.4 is 5.69 Å². The van der Waals surface area contributed by atoms with Crippen LogP contribution in [0, 0.1) is 5.92 Å². The molecule has 0 spiro atoms. The fraction of sp³-hybridized carbons (Fsp3) is 0.696. The lowest BCUT2D eigenvalue weighted by molar-refractivity contribution is -0.0452. The Bertz CT molecular complexity index is 865. The maximum Gasteiger partial charge on any atom is 0.326 e. The van der Waals surface area contributed by atoms with Crippen molar-refractivity contribution < 1.29 is 4.74 Å². The molecule has 0 unspecified atom stereocenters. The van der Waals surface area contributed by atoms with Crippen molar-refractivity contribution in [3.8, 4) is 0 Å². The van der Waals surface area contributed by atoms with E-state index in [0.717, 1.165) is 49.5 Å². The van der Waals surface area contributed by atoms with Crippen LogP contribution in [0.15, 0.2) is 29.1 Å². The molecule has 0 bridgehead atoms. The first-order chi connectivity index (χ1) is 13.7. The summed E-state index contributed by atoms with van der Waals surface area (Å²) in [5.74, 6) is 0.891. The van der Waals surface area contributed by atoms with E-state index in [1.165, 1.54) is 38.5 Å². The number of ether oxygens (including phenoxy) is 1. The van der Waals surface area contributed by atoms with Crippen molar-refractivity contribution >= 4 is 11.0 Å². The Kier molecular flexibility index (Phi) is 4.84. The molecule has 3 fully saturated rings. The molecule has 1 aromatic carbocycles. The van der Waals surface area contributed by atoms with Crippen molar-refractivity contribution in [2.45, 2.75) is 76.0 Å². The maximum absolute atomic E-state index is 12.6. The number of nitrogens with zero attached hydrogens (tertiary/aromatic N) is 2. The SMILES string of the molecule is CCOC1CCC(C2CC2)(N2CCC(n3c(=O)[nH]c4ccccc43)CC2)CC1. The van der Waals surface area contributed by atoms with Gasteiger partial charge in [-0.05, 0) is 76.3 Å². The highest BCUT2D eigenvalue weighted by Gasteiger charge is 2.51. The Morgan fingerprint density at radius 3 is 2.46 bits per heavy atom. The number of benzene rings is 1.